The van der Waals surface area contributed by atoms with Gasteiger partial charge in [0.2, 0.25) is 10.0 Å². The van der Waals surface area contributed by atoms with Gasteiger partial charge < -0.3 is 0 Å². The minimum Gasteiger partial charge on any atom is -0.278 e. The Morgan fingerprint density at radius 2 is 1.56 bits per heavy atom. The summed E-state index contributed by atoms with van der Waals surface area (Å²) >= 11 is 3.17. The highest BCUT2D eigenvalue weighted by Gasteiger charge is 2.19. The van der Waals surface area contributed by atoms with Crippen LogP contribution in [0.2, 0.25) is 0 Å². The van der Waals surface area contributed by atoms with E-state index in [1.54, 1.807) is 18.2 Å². The fraction of sp³-hybridized carbons (Fsp3) is 0. The average Bonchev–Trinajstić information content (AvgIpc) is 2.55. The molecule has 0 radical (unpaired) electrons. The van der Waals surface area contributed by atoms with Crippen molar-refractivity contribution in [2.45, 2.75) is 9.79 Å². The highest BCUT2D eigenvalue weighted by Crippen LogP contribution is 2.29. The van der Waals surface area contributed by atoms with Crippen molar-refractivity contribution in [2.75, 3.05) is 4.72 Å². The van der Waals surface area contributed by atoms with Gasteiger partial charge in [-0.15, -0.1) is 0 Å². The molecule has 0 aliphatic rings. The van der Waals surface area contributed by atoms with Gasteiger partial charge in [-0.1, -0.05) is 36.4 Å². The normalized spacial score (nSPS) is 12.2. The molecule has 0 fully saturated rings. The summed E-state index contributed by atoms with van der Waals surface area (Å²) in [5.41, 5.74) is 0.209. The van der Waals surface area contributed by atoms with Crippen LogP contribution in [0.15, 0.2) is 74.9 Å². The molecule has 0 saturated heterocycles. The van der Waals surface area contributed by atoms with E-state index in [-0.39, 0.29) is 20.0 Å². The lowest BCUT2D eigenvalue weighted by molar-refractivity contribution is 0.597. The van der Waals surface area contributed by atoms with E-state index in [4.69, 9.17) is 5.14 Å². The number of halogens is 1. The van der Waals surface area contributed by atoms with Gasteiger partial charge in [-0.2, -0.15) is 0 Å². The molecule has 0 spiro atoms. The lowest BCUT2D eigenvalue weighted by Crippen LogP contribution is -2.15. The van der Waals surface area contributed by atoms with Crippen molar-refractivity contribution < 1.29 is 16.8 Å². The summed E-state index contributed by atoms with van der Waals surface area (Å²) in [6, 6.07) is 16.0. The van der Waals surface area contributed by atoms with Crippen molar-refractivity contribution in [1.82, 2.24) is 0 Å². The SMILES string of the molecule is NS(=O)(=O)c1ccc(NS(=O)(=O)c2cccc3ccccc23)c(Br)c1. The summed E-state index contributed by atoms with van der Waals surface area (Å²) in [5, 5.41) is 6.46. The monoisotopic (exact) mass is 440 g/mol. The number of nitrogens with one attached hydrogen (secondary N) is 1. The topological polar surface area (TPSA) is 106 Å². The first-order valence-electron chi connectivity index (χ1n) is 7.01. The number of benzene rings is 3. The summed E-state index contributed by atoms with van der Waals surface area (Å²) in [7, 11) is -7.75. The quantitative estimate of drug-likeness (QED) is 0.649. The van der Waals surface area contributed by atoms with Gasteiger partial charge in [-0.05, 0) is 45.6 Å². The first-order chi connectivity index (χ1) is 11.7. The second-order valence-electron chi connectivity index (χ2n) is 5.27. The van der Waals surface area contributed by atoms with Gasteiger partial charge in [0, 0.05) is 9.86 Å². The van der Waals surface area contributed by atoms with Crippen LogP contribution in [-0.4, -0.2) is 16.8 Å². The molecule has 9 heteroatoms. The Labute approximate surface area is 153 Å². The average molecular weight is 441 g/mol. The van der Waals surface area contributed by atoms with Gasteiger partial charge in [0.15, 0.2) is 0 Å². The molecule has 3 aromatic rings. The number of hydrogen-bond donors (Lipinski definition) is 2. The zero-order valence-corrected chi connectivity index (χ0v) is 15.9. The number of anilines is 1. The maximum Gasteiger partial charge on any atom is 0.262 e. The third kappa shape index (κ3) is 3.69. The van der Waals surface area contributed by atoms with Gasteiger partial charge in [-0.3, -0.25) is 4.72 Å². The largest absolute Gasteiger partial charge is 0.278 e. The van der Waals surface area contributed by atoms with Gasteiger partial charge in [-0.25, -0.2) is 22.0 Å². The Kier molecular flexibility index (Phi) is 4.58. The van der Waals surface area contributed by atoms with Crippen molar-refractivity contribution in [3.63, 3.8) is 0 Å². The van der Waals surface area contributed by atoms with Crippen LogP contribution >= 0.6 is 15.9 Å². The molecular weight excluding hydrogens is 428 g/mol. The third-order valence-electron chi connectivity index (χ3n) is 3.55. The fourth-order valence-electron chi connectivity index (χ4n) is 2.39. The summed E-state index contributed by atoms with van der Waals surface area (Å²) in [5.74, 6) is 0. The minimum atomic E-state index is -3.87. The van der Waals surface area contributed by atoms with E-state index in [9.17, 15) is 16.8 Å². The molecular formula is C16H13BrN2O4S2. The van der Waals surface area contributed by atoms with E-state index in [0.717, 1.165) is 5.39 Å². The highest BCUT2D eigenvalue weighted by molar-refractivity contribution is 9.10. The Morgan fingerprint density at radius 3 is 2.24 bits per heavy atom. The Hall–Kier alpha value is -1.94. The molecule has 0 aliphatic carbocycles. The maximum absolute atomic E-state index is 12.8. The molecule has 0 aliphatic heterocycles. The number of rotatable bonds is 4. The van der Waals surface area contributed by atoms with Crippen molar-refractivity contribution in [3.8, 4) is 0 Å². The zero-order valence-electron chi connectivity index (χ0n) is 12.7. The van der Waals surface area contributed by atoms with Crippen molar-refractivity contribution >= 4 is 52.4 Å². The van der Waals surface area contributed by atoms with Crippen LogP contribution in [0.4, 0.5) is 5.69 Å². The summed E-state index contributed by atoms with van der Waals surface area (Å²) in [6.45, 7) is 0. The predicted molar refractivity (Wildman–Crippen MR) is 100 cm³/mol. The predicted octanol–water partition coefficient (Wildman–Crippen LogP) is 3.05. The lowest BCUT2D eigenvalue weighted by Gasteiger charge is -2.12. The number of hydrogen-bond acceptors (Lipinski definition) is 4. The van der Waals surface area contributed by atoms with Crippen LogP contribution in [0.25, 0.3) is 10.8 Å². The molecule has 130 valence electrons. The van der Waals surface area contributed by atoms with E-state index in [1.807, 2.05) is 18.2 Å². The van der Waals surface area contributed by atoms with E-state index >= 15 is 0 Å². The second-order valence-corrected chi connectivity index (χ2v) is 9.34. The molecule has 0 heterocycles. The lowest BCUT2D eigenvalue weighted by atomic mass is 10.1. The molecule has 0 bridgehead atoms. The van der Waals surface area contributed by atoms with Gasteiger partial charge in [0.1, 0.15) is 0 Å². The van der Waals surface area contributed by atoms with E-state index in [0.29, 0.717) is 5.39 Å². The smallest absolute Gasteiger partial charge is 0.262 e. The summed E-state index contributed by atoms with van der Waals surface area (Å²) in [4.78, 5) is 0.0144. The van der Waals surface area contributed by atoms with Gasteiger partial charge in [0.25, 0.3) is 10.0 Å². The standard InChI is InChI=1S/C16H13BrN2O4S2/c17-14-10-12(24(18,20)21)8-9-15(14)19-25(22,23)16-7-3-5-11-4-1-2-6-13(11)16/h1-10,19H,(H2,18,20,21). The van der Waals surface area contributed by atoms with E-state index in [2.05, 4.69) is 20.7 Å². The van der Waals surface area contributed by atoms with Crippen molar-refractivity contribution in [1.29, 1.82) is 0 Å². The molecule has 3 rings (SSSR count). The first-order valence-corrected chi connectivity index (χ1v) is 10.8. The molecule has 0 aromatic heterocycles. The van der Waals surface area contributed by atoms with E-state index < -0.39 is 20.0 Å². The van der Waals surface area contributed by atoms with Crippen LogP contribution in [0.5, 0.6) is 0 Å². The summed E-state index contributed by atoms with van der Waals surface area (Å²) in [6.07, 6.45) is 0. The fourth-order valence-corrected chi connectivity index (χ4v) is 5.00. The van der Waals surface area contributed by atoms with E-state index in [1.165, 1.54) is 24.3 Å². The molecule has 6 nitrogen and oxygen atoms in total. The molecule has 0 unspecified atom stereocenters. The molecule has 0 amide bonds. The number of fused-ring (bicyclic) bond motifs is 1. The van der Waals surface area contributed by atoms with Gasteiger partial charge in [0.05, 0.1) is 15.5 Å². The van der Waals surface area contributed by atoms with Crippen LogP contribution in [0.1, 0.15) is 0 Å². The second kappa shape index (κ2) is 6.41. The Bertz CT molecular complexity index is 1170. The van der Waals surface area contributed by atoms with Crippen LogP contribution < -0.4 is 9.86 Å². The number of nitrogens with two attached hydrogens (primary N) is 1. The van der Waals surface area contributed by atoms with Crippen LogP contribution in [0.3, 0.4) is 0 Å². The van der Waals surface area contributed by atoms with Crippen molar-refractivity contribution in [2.24, 2.45) is 5.14 Å². The highest BCUT2D eigenvalue weighted by atomic mass is 79.9. The number of primary sulfonamides is 1. The molecule has 25 heavy (non-hydrogen) atoms. The first kappa shape index (κ1) is 17.9. The Balaban J connectivity index is 2.05. The number of sulfonamides is 2. The van der Waals surface area contributed by atoms with Crippen LogP contribution in [0, 0.1) is 0 Å². The summed E-state index contributed by atoms with van der Waals surface area (Å²) < 4.78 is 51.0. The zero-order chi connectivity index (χ0) is 18.2. The van der Waals surface area contributed by atoms with Crippen molar-refractivity contribution in [3.05, 3.63) is 65.1 Å². The van der Waals surface area contributed by atoms with Gasteiger partial charge >= 0.3 is 0 Å². The Morgan fingerprint density at radius 1 is 0.880 bits per heavy atom. The molecule has 0 saturated carbocycles. The molecule has 3 aromatic carbocycles. The minimum absolute atomic E-state index is 0.118. The third-order valence-corrected chi connectivity index (χ3v) is 6.54. The maximum atomic E-state index is 12.8. The molecule has 0 atom stereocenters. The van der Waals surface area contributed by atoms with Crippen LogP contribution in [-0.2, 0) is 20.0 Å². The molecule has 3 N–H and O–H groups in total.